The average molecular weight is 525 g/mol. The van der Waals surface area contributed by atoms with Gasteiger partial charge >= 0.3 is 0 Å². The molecular formula is C31H69AlSi2. The van der Waals surface area contributed by atoms with E-state index in [1.54, 1.807) is 47.2 Å². The highest BCUT2D eigenvalue weighted by Gasteiger charge is 2.15. The molecule has 0 rings (SSSR count). The molecule has 204 valence electrons. The van der Waals surface area contributed by atoms with Gasteiger partial charge in [-0.25, -0.2) is 0 Å². The van der Waals surface area contributed by atoms with Crippen LogP contribution < -0.4 is 0 Å². The summed E-state index contributed by atoms with van der Waals surface area (Å²) in [6, 6.07) is 3.15. The molecule has 0 atom stereocenters. The van der Waals surface area contributed by atoms with Crippen LogP contribution in [0.5, 0.6) is 0 Å². The van der Waals surface area contributed by atoms with Crippen molar-refractivity contribution in [1.29, 1.82) is 0 Å². The van der Waals surface area contributed by atoms with Gasteiger partial charge in [-0.2, -0.15) is 0 Å². The van der Waals surface area contributed by atoms with E-state index in [2.05, 4.69) is 40.0 Å². The van der Waals surface area contributed by atoms with E-state index in [1.165, 1.54) is 103 Å². The largest absolute Gasteiger partial charge is 0.261 e. The third-order valence-corrected chi connectivity index (χ3v) is 14.7. The molecule has 0 heterocycles. The molecule has 0 fully saturated rings. The fourth-order valence-electron chi connectivity index (χ4n) is 5.51. The van der Waals surface area contributed by atoms with Gasteiger partial charge in [0.15, 0.2) is 0 Å². The Balaban J connectivity index is 3.91. The topological polar surface area (TPSA) is 0 Å². The summed E-state index contributed by atoms with van der Waals surface area (Å²) >= 11 is -0.458. The summed E-state index contributed by atoms with van der Waals surface area (Å²) in [7, 11) is -0.593. The van der Waals surface area contributed by atoms with Crippen molar-refractivity contribution < 1.29 is 0 Å². The van der Waals surface area contributed by atoms with E-state index in [1.807, 2.05) is 0 Å². The number of unbranched alkanes of at least 4 members (excludes halogenated alkanes) is 15. The number of rotatable bonds is 27. The summed E-state index contributed by atoms with van der Waals surface area (Å²) in [5.41, 5.74) is 0. The molecule has 0 bridgehead atoms. The minimum absolute atomic E-state index is 0.296. The highest BCUT2D eigenvalue weighted by Crippen LogP contribution is 2.21. The lowest BCUT2D eigenvalue weighted by atomic mass is 10.0. The molecule has 0 radical (unpaired) electrons. The highest BCUT2D eigenvalue weighted by molar-refractivity contribution is 6.58. The predicted molar refractivity (Wildman–Crippen MR) is 170 cm³/mol. The second kappa shape index (κ2) is 27.0. The van der Waals surface area contributed by atoms with Crippen molar-refractivity contribution in [3.05, 3.63) is 0 Å². The van der Waals surface area contributed by atoms with Gasteiger partial charge in [0.25, 0.3) is 14.1 Å². The van der Waals surface area contributed by atoms with Gasteiger partial charge in [0.1, 0.15) is 0 Å². The van der Waals surface area contributed by atoms with E-state index in [4.69, 9.17) is 0 Å². The molecule has 0 aromatic heterocycles. The molecular weight excluding hydrogens is 455 g/mol. The molecule has 0 unspecified atom stereocenters. The fraction of sp³-hybridized carbons (Fsp3) is 1.00. The van der Waals surface area contributed by atoms with E-state index < -0.39 is 14.1 Å². The second-order valence-corrected chi connectivity index (χ2v) is 23.3. The smallest absolute Gasteiger partial charge is 0.0939 e. The summed E-state index contributed by atoms with van der Waals surface area (Å²) in [6.07, 6.45) is 28.9. The Kier molecular flexibility index (Phi) is 27.8. The van der Waals surface area contributed by atoms with Gasteiger partial charge in [-0.3, -0.25) is 0 Å². The predicted octanol–water partition coefficient (Wildman–Crippen LogP) is 11.5. The van der Waals surface area contributed by atoms with Crippen LogP contribution in [-0.2, 0) is 0 Å². The Morgan fingerprint density at radius 1 is 0.412 bits per heavy atom. The summed E-state index contributed by atoms with van der Waals surface area (Å²) in [6.45, 7) is 14.8. The molecule has 0 spiro atoms. The third-order valence-electron chi connectivity index (χ3n) is 7.93. The second-order valence-electron chi connectivity index (χ2n) is 13.1. The first-order valence-corrected chi connectivity index (χ1v) is 25.1. The first-order valence-electron chi connectivity index (χ1n) is 16.4. The van der Waals surface area contributed by atoms with Crippen molar-refractivity contribution in [3.8, 4) is 0 Å². The van der Waals surface area contributed by atoms with Crippen molar-refractivity contribution in [1.82, 2.24) is 0 Å². The minimum Gasteiger partial charge on any atom is -0.0939 e. The zero-order valence-electron chi connectivity index (χ0n) is 25.3. The van der Waals surface area contributed by atoms with Gasteiger partial charge in [0.05, 0.1) is 0 Å². The lowest BCUT2D eigenvalue weighted by Gasteiger charge is -2.12. The Morgan fingerprint density at radius 2 is 0.706 bits per heavy atom. The third kappa shape index (κ3) is 29.2. The zero-order chi connectivity index (χ0) is 25.3. The maximum atomic E-state index is 2.51. The van der Waals surface area contributed by atoms with Crippen LogP contribution >= 0.6 is 0 Å². The lowest BCUT2D eigenvalue weighted by Crippen LogP contribution is -2.12. The van der Waals surface area contributed by atoms with Crippen LogP contribution in [0, 0.1) is 5.92 Å². The number of hydrogen-bond acceptors (Lipinski definition) is 0. The van der Waals surface area contributed by atoms with Crippen LogP contribution in [0.4, 0.5) is 0 Å². The Labute approximate surface area is 226 Å². The van der Waals surface area contributed by atoms with Crippen molar-refractivity contribution in [2.75, 3.05) is 0 Å². The SMILES string of the molecule is CC(C)CCCCCCC[CH2][Al]([CH2]CCCCCCC[SiH](C)C)[CH2]CCCCCCC[SiH](C)C. The Hall–Kier alpha value is 0.966. The van der Waals surface area contributed by atoms with Crippen LogP contribution in [0.1, 0.15) is 136 Å². The Bertz CT molecular complexity index is 327. The molecule has 0 N–H and O–H groups in total. The monoisotopic (exact) mass is 524 g/mol. The molecule has 0 aliphatic carbocycles. The quantitative estimate of drug-likeness (QED) is 0.0740. The maximum Gasteiger partial charge on any atom is 0.261 e. The van der Waals surface area contributed by atoms with Gasteiger partial charge < -0.3 is 0 Å². The first-order chi connectivity index (χ1) is 16.4. The van der Waals surface area contributed by atoms with Crippen LogP contribution in [-0.4, -0.2) is 31.7 Å². The molecule has 0 aromatic carbocycles. The van der Waals surface area contributed by atoms with E-state index in [-0.39, 0.29) is 17.6 Å². The summed E-state index contributed by atoms with van der Waals surface area (Å²) in [5, 5.41) is 5.02. The standard InChI is InChI=1S/C11H23.2C10H23Si.Al/c3*1-4-5-6-7-8-9-10-11(2)3;/h3*11H,1,4-10H2,2-3H3;. The molecule has 0 aromatic rings. The number of hydrogen-bond donors (Lipinski definition) is 0. The van der Waals surface area contributed by atoms with Crippen molar-refractivity contribution in [2.24, 2.45) is 5.92 Å². The highest BCUT2D eigenvalue weighted by atomic mass is 28.3. The molecule has 3 heteroatoms. The first kappa shape index (κ1) is 35.0. The van der Waals surface area contributed by atoms with Crippen LogP contribution in [0.15, 0.2) is 0 Å². The Morgan fingerprint density at radius 3 is 1.03 bits per heavy atom. The zero-order valence-corrected chi connectivity index (χ0v) is 28.7. The fourth-order valence-corrected chi connectivity index (χ4v) is 11.2. The molecule has 0 saturated carbocycles. The van der Waals surface area contributed by atoms with Crippen LogP contribution in [0.25, 0.3) is 0 Å². The molecule has 0 saturated heterocycles. The average Bonchev–Trinajstić information content (AvgIpc) is 2.77. The van der Waals surface area contributed by atoms with Crippen molar-refractivity contribution >= 4 is 31.7 Å². The van der Waals surface area contributed by atoms with E-state index in [9.17, 15) is 0 Å². The molecule has 0 aliphatic heterocycles. The van der Waals surface area contributed by atoms with Crippen LogP contribution in [0.2, 0.25) is 54.1 Å². The molecule has 34 heavy (non-hydrogen) atoms. The maximum absolute atomic E-state index is 2.51. The van der Waals surface area contributed by atoms with Gasteiger partial charge in [0, 0.05) is 17.6 Å². The molecule has 0 amide bonds. The van der Waals surface area contributed by atoms with Gasteiger partial charge in [-0.05, 0) is 5.92 Å². The van der Waals surface area contributed by atoms with E-state index in [0.717, 1.165) is 5.92 Å². The van der Waals surface area contributed by atoms with E-state index >= 15 is 0 Å². The van der Waals surface area contributed by atoms with Crippen molar-refractivity contribution in [3.63, 3.8) is 0 Å². The van der Waals surface area contributed by atoms with Gasteiger partial charge in [0.2, 0.25) is 0 Å². The van der Waals surface area contributed by atoms with E-state index in [0.29, 0.717) is 0 Å². The van der Waals surface area contributed by atoms with Crippen molar-refractivity contribution in [2.45, 2.75) is 190 Å². The summed E-state index contributed by atoms with van der Waals surface area (Å²) in [4.78, 5) is 0. The lowest BCUT2D eigenvalue weighted by molar-refractivity contribution is 0.514. The normalized spacial score (nSPS) is 11.9. The van der Waals surface area contributed by atoms with Gasteiger partial charge in [-0.15, -0.1) is 0 Å². The summed E-state index contributed by atoms with van der Waals surface area (Å²) < 4.78 is 0. The molecule has 0 nitrogen and oxygen atoms in total. The molecule has 0 aliphatic rings. The van der Waals surface area contributed by atoms with Crippen LogP contribution in [0.3, 0.4) is 0 Å². The minimum atomic E-state index is -0.458. The van der Waals surface area contributed by atoms with Gasteiger partial charge in [-0.1, -0.05) is 190 Å². The summed E-state index contributed by atoms with van der Waals surface area (Å²) in [5.74, 6) is 0.898.